The molecule has 0 aliphatic carbocycles. The van der Waals surface area contributed by atoms with E-state index in [0.717, 1.165) is 12.2 Å². The molecule has 1 fully saturated rings. The van der Waals surface area contributed by atoms with Crippen molar-refractivity contribution in [1.82, 2.24) is 4.90 Å². The van der Waals surface area contributed by atoms with Crippen molar-refractivity contribution in [2.75, 3.05) is 20.2 Å². The van der Waals surface area contributed by atoms with Crippen molar-refractivity contribution in [2.45, 2.75) is 26.2 Å². The van der Waals surface area contributed by atoms with Gasteiger partial charge in [0.2, 0.25) is 5.91 Å². The average molecular weight is 275 g/mol. The van der Waals surface area contributed by atoms with Crippen LogP contribution in [0.2, 0.25) is 0 Å². The van der Waals surface area contributed by atoms with Crippen molar-refractivity contribution in [1.29, 1.82) is 0 Å². The summed E-state index contributed by atoms with van der Waals surface area (Å²) in [5.41, 5.74) is 1.17. The SMILES string of the molecule is CCC(=O)[C@@H]1CC(=O)N(CCc2ccc(OC)cc2)C1. The number of hydrogen-bond acceptors (Lipinski definition) is 3. The Morgan fingerprint density at radius 2 is 2.05 bits per heavy atom. The number of benzene rings is 1. The van der Waals surface area contributed by atoms with E-state index < -0.39 is 0 Å². The van der Waals surface area contributed by atoms with E-state index in [-0.39, 0.29) is 17.6 Å². The number of rotatable bonds is 6. The minimum Gasteiger partial charge on any atom is -0.497 e. The first kappa shape index (κ1) is 14.6. The van der Waals surface area contributed by atoms with Crippen molar-refractivity contribution in [3.8, 4) is 5.75 Å². The molecule has 4 heteroatoms. The van der Waals surface area contributed by atoms with Gasteiger partial charge in [0, 0.05) is 31.8 Å². The molecule has 1 aliphatic heterocycles. The Morgan fingerprint density at radius 3 is 2.65 bits per heavy atom. The highest BCUT2D eigenvalue weighted by Crippen LogP contribution is 2.20. The summed E-state index contributed by atoms with van der Waals surface area (Å²) >= 11 is 0. The van der Waals surface area contributed by atoms with Crippen molar-refractivity contribution >= 4 is 11.7 Å². The minimum absolute atomic E-state index is 0.0941. The van der Waals surface area contributed by atoms with E-state index in [2.05, 4.69) is 0 Å². The second-order valence-electron chi connectivity index (χ2n) is 5.16. The smallest absolute Gasteiger partial charge is 0.223 e. The van der Waals surface area contributed by atoms with Crippen LogP contribution in [0.3, 0.4) is 0 Å². The molecule has 0 unspecified atom stereocenters. The van der Waals surface area contributed by atoms with Gasteiger partial charge in [0.1, 0.15) is 11.5 Å². The number of nitrogens with zero attached hydrogens (tertiary/aromatic N) is 1. The maximum Gasteiger partial charge on any atom is 0.223 e. The summed E-state index contributed by atoms with van der Waals surface area (Å²) in [5.74, 6) is 1.04. The van der Waals surface area contributed by atoms with E-state index in [4.69, 9.17) is 4.74 Å². The fourth-order valence-corrected chi connectivity index (χ4v) is 2.55. The molecule has 1 aromatic rings. The number of hydrogen-bond donors (Lipinski definition) is 0. The highest BCUT2D eigenvalue weighted by molar-refractivity contribution is 5.90. The first-order chi connectivity index (χ1) is 9.63. The normalized spacial score (nSPS) is 18.4. The topological polar surface area (TPSA) is 46.6 Å². The Balaban J connectivity index is 1.87. The van der Waals surface area contributed by atoms with Crippen LogP contribution in [0.1, 0.15) is 25.3 Å². The standard InChI is InChI=1S/C16H21NO3/c1-3-15(18)13-10-16(19)17(11-13)9-8-12-4-6-14(20-2)7-5-12/h4-7,13H,3,8-11H2,1-2H3/t13-/m1/s1. The molecule has 1 amide bonds. The molecule has 2 rings (SSSR count). The third-order valence-electron chi connectivity index (χ3n) is 3.85. The summed E-state index contributed by atoms with van der Waals surface area (Å²) in [6.07, 6.45) is 1.71. The van der Waals surface area contributed by atoms with Crippen LogP contribution in [0.25, 0.3) is 0 Å². The molecule has 0 radical (unpaired) electrons. The predicted octanol–water partition coefficient (Wildman–Crippen LogP) is 2.07. The largest absolute Gasteiger partial charge is 0.497 e. The molecular formula is C16H21NO3. The number of likely N-dealkylation sites (tertiary alicyclic amines) is 1. The Morgan fingerprint density at radius 1 is 1.35 bits per heavy atom. The summed E-state index contributed by atoms with van der Waals surface area (Å²) in [4.78, 5) is 25.3. The number of amides is 1. The monoisotopic (exact) mass is 275 g/mol. The molecule has 0 N–H and O–H groups in total. The van der Waals surface area contributed by atoms with Crippen LogP contribution in [0.15, 0.2) is 24.3 Å². The molecule has 0 spiro atoms. The maximum atomic E-state index is 11.9. The number of ketones is 1. The molecular weight excluding hydrogens is 254 g/mol. The Bertz CT molecular complexity index is 481. The van der Waals surface area contributed by atoms with Crippen molar-refractivity contribution in [3.05, 3.63) is 29.8 Å². The molecule has 0 aromatic heterocycles. The first-order valence-electron chi connectivity index (χ1n) is 7.07. The van der Waals surface area contributed by atoms with Gasteiger partial charge >= 0.3 is 0 Å². The summed E-state index contributed by atoms with van der Waals surface area (Å²) in [6.45, 7) is 3.12. The number of methoxy groups -OCH3 is 1. The highest BCUT2D eigenvalue weighted by atomic mass is 16.5. The Hall–Kier alpha value is -1.84. The lowest BCUT2D eigenvalue weighted by atomic mass is 10.0. The molecule has 4 nitrogen and oxygen atoms in total. The fourth-order valence-electron chi connectivity index (χ4n) is 2.55. The number of ether oxygens (including phenoxy) is 1. The zero-order chi connectivity index (χ0) is 14.5. The minimum atomic E-state index is -0.0941. The average Bonchev–Trinajstić information content (AvgIpc) is 2.86. The molecule has 1 atom stereocenters. The van der Waals surface area contributed by atoms with E-state index in [1.807, 2.05) is 36.1 Å². The van der Waals surface area contributed by atoms with E-state index >= 15 is 0 Å². The Labute approximate surface area is 119 Å². The highest BCUT2D eigenvalue weighted by Gasteiger charge is 2.32. The summed E-state index contributed by atoms with van der Waals surface area (Å²) in [7, 11) is 1.64. The van der Waals surface area contributed by atoms with Crippen molar-refractivity contribution in [2.24, 2.45) is 5.92 Å². The van der Waals surface area contributed by atoms with Gasteiger partial charge in [0.25, 0.3) is 0 Å². The zero-order valence-electron chi connectivity index (χ0n) is 12.1. The molecule has 1 heterocycles. The van der Waals surface area contributed by atoms with Crippen molar-refractivity contribution in [3.63, 3.8) is 0 Å². The molecule has 108 valence electrons. The van der Waals surface area contributed by atoms with Crippen molar-refractivity contribution < 1.29 is 14.3 Å². The lowest BCUT2D eigenvalue weighted by Crippen LogP contribution is -2.28. The third-order valence-corrected chi connectivity index (χ3v) is 3.85. The van der Waals surface area contributed by atoms with Gasteiger partial charge in [-0.3, -0.25) is 9.59 Å². The number of carbonyl (C=O) groups is 2. The van der Waals surface area contributed by atoms with Gasteiger partial charge in [0.15, 0.2) is 0 Å². The molecule has 20 heavy (non-hydrogen) atoms. The van der Waals surface area contributed by atoms with Gasteiger partial charge in [-0.1, -0.05) is 19.1 Å². The van der Waals surface area contributed by atoms with Gasteiger partial charge in [0.05, 0.1) is 7.11 Å². The van der Waals surface area contributed by atoms with Crippen LogP contribution in [0, 0.1) is 5.92 Å². The summed E-state index contributed by atoms with van der Waals surface area (Å²) in [6, 6.07) is 7.86. The summed E-state index contributed by atoms with van der Waals surface area (Å²) in [5, 5.41) is 0. The van der Waals surface area contributed by atoms with Gasteiger partial charge in [-0.25, -0.2) is 0 Å². The van der Waals surface area contributed by atoms with Crippen LogP contribution in [0.5, 0.6) is 5.75 Å². The third kappa shape index (κ3) is 3.38. The molecule has 1 aliphatic rings. The lowest BCUT2D eigenvalue weighted by molar-refractivity contribution is -0.128. The van der Waals surface area contributed by atoms with E-state index in [0.29, 0.717) is 25.9 Å². The van der Waals surface area contributed by atoms with E-state index in [9.17, 15) is 9.59 Å². The predicted molar refractivity (Wildman–Crippen MR) is 76.7 cm³/mol. The van der Waals surface area contributed by atoms with Gasteiger partial charge in [-0.05, 0) is 24.1 Å². The number of Topliss-reactive ketones (excluding diaryl/α,β-unsaturated/α-hetero) is 1. The fraction of sp³-hybridized carbons (Fsp3) is 0.500. The van der Waals surface area contributed by atoms with Crippen LogP contribution in [-0.2, 0) is 16.0 Å². The molecule has 1 aromatic carbocycles. The van der Waals surface area contributed by atoms with Crippen LogP contribution < -0.4 is 4.74 Å². The van der Waals surface area contributed by atoms with E-state index in [1.54, 1.807) is 7.11 Å². The van der Waals surface area contributed by atoms with Crippen LogP contribution in [-0.4, -0.2) is 36.8 Å². The second-order valence-corrected chi connectivity index (χ2v) is 5.16. The first-order valence-corrected chi connectivity index (χ1v) is 7.07. The van der Waals surface area contributed by atoms with Gasteiger partial charge in [-0.15, -0.1) is 0 Å². The molecule has 0 bridgehead atoms. The maximum absolute atomic E-state index is 11.9. The lowest BCUT2D eigenvalue weighted by Gasteiger charge is -2.16. The molecule has 1 saturated heterocycles. The summed E-state index contributed by atoms with van der Waals surface area (Å²) < 4.78 is 5.11. The number of carbonyl (C=O) groups excluding carboxylic acids is 2. The van der Waals surface area contributed by atoms with Gasteiger partial charge < -0.3 is 9.64 Å². The van der Waals surface area contributed by atoms with Gasteiger partial charge in [-0.2, -0.15) is 0 Å². The quantitative estimate of drug-likeness (QED) is 0.798. The zero-order valence-corrected chi connectivity index (χ0v) is 12.1. The van der Waals surface area contributed by atoms with Crippen LogP contribution >= 0.6 is 0 Å². The van der Waals surface area contributed by atoms with Crippen LogP contribution in [0.4, 0.5) is 0 Å². The Kier molecular flexibility index (Phi) is 4.77. The van der Waals surface area contributed by atoms with E-state index in [1.165, 1.54) is 5.56 Å². The molecule has 0 saturated carbocycles. The second kappa shape index (κ2) is 6.55.